The second-order valence-corrected chi connectivity index (χ2v) is 3.90. The van der Waals surface area contributed by atoms with Crippen molar-refractivity contribution < 1.29 is 19.7 Å². The number of pyridine rings is 1. The van der Waals surface area contributed by atoms with Crippen LogP contribution in [0.3, 0.4) is 0 Å². The zero-order valence-electron chi connectivity index (χ0n) is 10.5. The lowest BCUT2D eigenvalue weighted by molar-refractivity contribution is -0.385. The highest BCUT2D eigenvalue weighted by Gasteiger charge is 2.26. The number of hydrogen-bond donors (Lipinski definition) is 1. The molecule has 1 N–H and O–H groups in total. The van der Waals surface area contributed by atoms with Crippen molar-refractivity contribution in [2.45, 2.75) is 6.92 Å². The van der Waals surface area contributed by atoms with Gasteiger partial charge in [-0.25, -0.2) is 14.5 Å². The fourth-order valence-corrected chi connectivity index (χ4v) is 1.63. The zero-order chi connectivity index (χ0) is 15.7. The molecular formula is C10H7N5O6. The topological polar surface area (TPSA) is 154 Å². The van der Waals surface area contributed by atoms with Gasteiger partial charge in [0.15, 0.2) is 5.82 Å². The maximum atomic E-state index is 10.9. The summed E-state index contributed by atoms with van der Waals surface area (Å²) in [5.74, 6) is -1.52. The molecule has 21 heavy (non-hydrogen) atoms. The first kappa shape index (κ1) is 14.0. The second kappa shape index (κ2) is 4.96. The van der Waals surface area contributed by atoms with Gasteiger partial charge in [0.2, 0.25) is 5.69 Å². The average molecular weight is 293 g/mol. The third-order valence-corrected chi connectivity index (χ3v) is 2.57. The van der Waals surface area contributed by atoms with Gasteiger partial charge in [0.1, 0.15) is 11.9 Å². The Morgan fingerprint density at radius 1 is 1.24 bits per heavy atom. The minimum Gasteiger partial charge on any atom is -0.476 e. The van der Waals surface area contributed by atoms with Crippen molar-refractivity contribution in [3.8, 4) is 5.82 Å². The van der Waals surface area contributed by atoms with Crippen LogP contribution in [0.1, 0.15) is 16.2 Å². The molecule has 2 heterocycles. The van der Waals surface area contributed by atoms with E-state index in [1.165, 1.54) is 13.0 Å². The van der Waals surface area contributed by atoms with E-state index in [4.69, 9.17) is 5.11 Å². The van der Waals surface area contributed by atoms with Crippen molar-refractivity contribution in [3.05, 3.63) is 49.9 Å². The molecule has 0 aliphatic rings. The van der Waals surface area contributed by atoms with Crippen molar-refractivity contribution in [2.24, 2.45) is 0 Å². The van der Waals surface area contributed by atoms with Crippen molar-refractivity contribution in [2.75, 3.05) is 0 Å². The summed E-state index contributed by atoms with van der Waals surface area (Å²) in [6.07, 6.45) is 0.886. The number of nitrogens with zero attached hydrogens (tertiary/aromatic N) is 5. The Kier molecular flexibility index (Phi) is 3.32. The molecule has 2 rings (SSSR count). The Labute approximate surface area is 115 Å². The highest BCUT2D eigenvalue weighted by molar-refractivity contribution is 5.89. The van der Waals surface area contributed by atoms with Gasteiger partial charge in [0, 0.05) is 6.07 Å². The molecule has 0 radical (unpaired) electrons. The van der Waals surface area contributed by atoms with Crippen LogP contribution in [0.15, 0.2) is 18.3 Å². The van der Waals surface area contributed by atoms with E-state index >= 15 is 0 Å². The smallest absolute Gasteiger partial charge is 0.363 e. The molecule has 0 amide bonds. The Morgan fingerprint density at radius 3 is 2.29 bits per heavy atom. The largest absolute Gasteiger partial charge is 0.476 e. The van der Waals surface area contributed by atoms with E-state index in [0.29, 0.717) is 0 Å². The number of carboxylic acids is 1. The van der Waals surface area contributed by atoms with Gasteiger partial charge in [0.25, 0.3) is 5.69 Å². The molecule has 0 unspecified atom stereocenters. The molecule has 0 fully saturated rings. The first-order valence-corrected chi connectivity index (χ1v) is 5.41. The van der Waals surface area contributed by atoms with E-state index < -0.39 is 27.2 Å². The van der Waals surface area contributed by atoms with E-state index in [1.807, 2.05) is 0 Å². The van der Waals surface area contributed by atoms with Crippen LogP contribution in [0, 0.1) is 27.2 Å². The number of carbonyl (C=O) groups is 1. The van der Waals surface area contributed by atoms with Gasteiger partial charge in [-0.3, -0.25) is 20.2 Å². The normalized spacial score (nSPS) is 10.3. The van der Waals surface area contributed by atoms with E-state index in [9.17, 15) is 25.0 Å². The summed E-state index contributed by atoms with van der Waals surface area (Å²) in [6.45, 7) is 1.39. The van der Waals surface area contributed by atoms with Crippen LogP contribution < -0.4 is 0 Å². The van der Waals surface area contributed by atoms with E-state index in [0.717, 1.165) is 16.9 Å². The number of nitro groups is 2. The molecule has 2 aromatic heterocycles. The first-order chi connectivity index (χ1) is 9.81. The van der Waals surface area contributed by atoms with Gasteiger partial charge in [-0.15, -0.1) is 0 Å². The number of aryl methyl sites for hydroxylation is 1. The third kappa shape index (κ3) is 2.51. The molecule has 2 aromatic rings. The highest BCUT2D eigenvalue weighted by atomic mass is 16.6. The SMILES string of the molecule is Cc1nc(-n2cc([N+](=O)[O-])c(C(=O)O)n2)ccc1[N+](=O)[O-]. The fraction of sp³-hybridized carbons (Fsp3) is 0.100. The summed E-state index contributed by atoms with van der Waals surface area (Å²) in [5.41, 5.74) is -1.58. The predicted molar refractivity (Wildman–Crippen MR) is 66.4 cm³/mol. The molecule has 0 bridgehead atoms. The average Bonchev–Trinajstić information content (AvgIpc) is 2.83. The molecular weight excluding hydrogens is 286 g/mol. The molecule has 0 saturated heterocycles. The van der Waals surface area contributed by atoms with Gasteiger partial charge < -0.3 is 5.11 Å². The Morgan fingerprint density at radius 2 is 1.86 bits per heavy atom. The molecule has 0 atom stereocenters. The molecule has 0 saturated carbocycles. The molecule has 0 aliphatic carbocycles. The van der Waals surface area contributed by atoms with Crippen molar-refractivity contribution in [1.29, 1.82) is 0 Å². The maximum Gasteiger partial charge on any atom is 0.363 e. The molecule has 0 aliphatic heterocycles. The summed E-state index contributed by atoms with van der Waals surface area (Å²) in [6, 6.07) is 2.37. The minimum absolute atomic E-state index is 0.0358. The number of hydrogen-bond acceptors (Lipinski definition) is 7. The Bertz CT molecular complexity index is 736. The number of aromatic nitrogens is 3. The molecule has 11 heteroatoms. The fourth-order valence-electron chi connectivity index (χ4n) is 1.63. The Hall–Kier alpha value is -3.37. The summed E-state index contributed by atoms with van der Waals surface area (Å²) >= 11 is 0. The summed E-state index contributed by atoms with van der Waals surface area (Å²) in [5, 5.41) is 33.9. The van der Waals surface area contributed by atoms with Crippen LogP contribution in [-0.2, 0) is 0 Å². The van der Waals surface area contributed by atoms with Crippen LogP contribution in [0.2, 0.25) is 0 Å². The third-order valence-electron chi connectivity index (χ3n) is 2.57. The maximum absolute atomic E-state index is 10.9. The van der Waals surface area contributed by atoms with Gasteiger partial charge in [-0.05, 0) is 13.0 Å². The van der Waals surface area contributed by atoms with Crippen LogP contribution in [-0.4, -0.2) is 35.7 Å². The van der Waals surface area contributed by atoms with Crippen LogP contribution >= 0.6 is 0 Å². The Balaban J connectivity index is 2.55. The number of carboxylic acid groups (broad SMARTS) is 1. The summed E-state index contributed by atoms with van der Waals surface area (Å²) in [7, 11) is 0. The minimum atomic E-state index is -1.56. The van der Waals surface area contributed by atoms with E-state index in [-0.39, 0.29) is 17.2 Å². The van der Waals surface area contributed by atoms with Crippen LogP contribution in [0.5, 0.6) is 0 Å². The molecule has 11 nitrogen and oxygen atoms in total. The standard InChI is InChI=1S/C10H7N5O6/c1-5-6(14(18)19)2-3-8(11-5)13-4-7(15(20)21)9(12-13)10(16)17/h2-4H,1H3,(H,16,17). The molecule has 0 spiro atoms. The van der Waals surface area contributed by atoms with Gasteiger partial charge >= 0.3 is 11.7 Å². The van der Waals surface area contributed by atoms with Crippen molar-refractivity contribution in [3.63, 3.8) is 0 Å². The van der Waals surface area contributed by atoms with Crippen molar-refractivity contribution >= 4 is 17.3 Å². The van der Waals surface area contributed by atoms with E-state index in [2.05, 4.69) is 10.1 Å². The van der Waals surface area contributed by atoms with Gasteiger partial charge in [-0.1, -0.05) is 0 Å². The van der Waals surface area contributed by atoms with Crippen LogP contribution in [0.4, 0.5) is 11.4 Å². The summed E-state index contributed by atoms with van der Waals surface area (Å²) in [4.78, 5) is 34.7. The second-order valence-electron chi connectivity index (χ2n) is 3.90. The number of aromatic carboxylic acids is 1. The quantitative estimate of drug-likeness (QED) is 0.648. The monoisotopic (exact) mass is 293 g/mol. The lowest BCUT2D eigenvalue weighted by atomic mass is 10.3. The lowest BCUT2D eigenvalue weighted by Gasteiger charge is -2.01. The first-order valence-electron chi connectivity index (χ1n) is 5.41. The van der Waals surface area contributed by atoms with E-state index in [1.54, 1.807) is 0 Å². The highest BCUT2D eigenvalue weighted by Crippen LogP contribution is 2.21. The van der Waals surface area contributed by atoms with Gasteiger partial charge in [0.05, 0.1) is 9.85 Å². The molecule has 0 aromatic carbocycles. The molecule has 108 valence electrons. The summed E-state index contributed by atoms with van der Waals surface area (Å²) < 4.78 is 0.887. The lowest BCUT2D eigenvalue weighted by Crippen LogP contribution is -2.05. The number of rotatable bonds is 4. The van der Waals surface area contributed by atoms with Gasteiger partial charge in [-0.2, -0.15) is 5.10 Å². The zero-order valence-corrected chi connectivity index (χ0v) is 10.5. The van der Waals surface area contributed by atoms with Crippen molar-refractivity contribution in [1.82, 2.24) is 14.8 Å². The predicted octanol–water partition coefficient (Wildman–Crippen LogP) is 1.09. The van der Waals surface area contributed by atoms with Crippen LogP contribution in [0.25, 0.3) is 5.82 Å².